The van der Waals surface area contributed by atoms with Crippen LogP contribution in [0.25, 0.3) is 0 Å². The van der Waals surface area contributed by atoms with Crippen LogP contribution < -0.4 is 4.90 Å². The van der Waals surface area contributed by atoms with Crippen LogP contribution in [0.2, 0.25) is 0 Å². The van der Waals surface area contributed by atoms with Gasteiger partial charge in [-0.1, -0.05) is 13.8 Å². The molecular weight excluding hydrogens is 253 g/mol. The molecule has 1 rings (SSSR count). The van der Waals surface area contributed by atoms with E-state index in [1.807, 2.05) is 0 Å². The van der Waals surface area contributed by atoms with Gasteiger partial charge in [-0.25, -0.2) is 22.0 Å². The largest absolute Gasteiger partial charge is 0.367 e. The number of nitrogens with zero attached hydrogens (tertiary/aromatic N) is 1. The van der Waals surface area contributed by atoms with Crippen LogP contribution in [0.4, 0.5) is 27.6 Å². The van der Waals surface area contributed by atoms with E-state index in [1.54, 1.807) is 13.8 Å². The van der Waals surface area contributed by atoms with Crippen molar-refractivity contribution in [1.82, 2.24) is 0 Å². The second kappa shape index (κ2) is 6.02. The van der Waals surface area contributed by atoms with Gasteiger partial charge in [0.2, 0.25) is 5.82 Å². The highest BCUT2D eigenvalue weighted by atomic mass is 19.2. The minimum absolute atomic E-state index is 0.228. The third-order valence-corrected chi connectivity index (χ3v) is 2.49. The van der Waals surface area contributed by atoms with Gasteiger partial charge in [0.05, 0.1) is 0 Å². The first-order valence-electron chi connectivity index (χ1n) is 5.72. The van der Waals surface area contributed by atoms with E-state index >= 15 is 0 Å². The van der Waals surface area contributed by atoms with Gasteiger partial charge in [-0.2, -0.15) is 0 Å². The minimum atomic E-state index is -2.12. The van der Waals surface area contributed by atoms with Gasteiger partial charge in [0.15, 0.2) is 23.3 Å². The predicted molar refractivity (Wildman–Crippen MR) is 59.0 cm³/mol. The SMILES string of the molecule is CCCN(CCC)c1c(F)c(F)c(F)c(F)c1F. The lowest BCUT2D eigenvalue weighted by Gasteiger charge is -2.25. The Balaban J connectivity index is 3.37. The summed E-state index contributed by atoms with van der Waals surface area (Å²) in [7, 11) is 0. The molecular formula is C12H14F5N. The van der Waals surface area contributed by atoms with Gasteiger partial charge in [-0.3, -0.25) is 0 Å². The average Bonchev–Trinajstić information content (AvgIpc) is 2.35. The number of hydrogen-bond acceptors (Lipinski definition) is 1. The van der Waals surface area contributed by atoms with Gasteiger partial charge in [0.25, 0.3) is 0 Å². The summed E-state index contributed by atoms with van der Waals surface area (Å²) in [5.74, 6) is -9.47. The molecule has 0 bridgehead atoms. The predicted octanol–water partition coefficient (Wildman–Crippen LogP) is 4.01. The molecule has 0 amide bonds. The molecule has 0 fully saturated rings. The summed E-state index contributed by atoms with van der Waals surface area (Å²) in [6.07, 6.45) is 1.08. The van der Waals surface area contributed by atoms with Crippen LogP contribution in [0.15, 0.2) is 0 Å². The molecule has 1 aromatic rings. The third-order valence-electron chi connectivity index (χ3n) is 2.49. The van der Waals surface area contributed by atoms with E-state index in [9.17, 15) is 22.0 Å². The van der Waals surface area contributed by atoms with Crippen LogP contribution in [0.1, 0.15) is 26.7 Å². The summed E-state index contributed by atoms with van der Waals surface area (Å²) in [4.78, 5) is 1.18. The molecule has 0 atom stereocenters. The molecule has 0 aromatic heterocycles. The van der Waals surface area contributed by atoms with Crippen molar-refractivity contribution in [1.29, 1.82) is 0 Å². The van der Waals surface area contributed by atoms with Gasteiger partial charge in [-0.05, 0) is 12.8 Å². The fraction of sp³-hybridized carbons (Fsp3) is 0.500. The van der Waals surface area contributed by atoms with Gasteiger partial charge in [0, 0.05) is 13.1 Å². The van der Waals surface area contributed by atoms with Crippen molar-refractivity contribution >= 4 is 5.69 Å². The Kier molecular flexibility index (Phi) is 4.93. The van der Waals surface area contributed by atoms with E-state index in [4.69, 9.17) is 0 Å². The fourth-order valence-electron chi connectivity index (χ4n) is 1.75. The van der Waals surface area contributed by atoms with Crippen LogP contribution in [-0.2, 0) is 0 Å². The Morgan fingerprint density at radius 1 is 0.667 bits per heavy atom. The summed E-state index contributed by atoms with van der Waals surface area (Å²) in [6.45, 7) is 3.97. The topological polar surface area (TPSA) is 3.24 Å². The molecule has 18 heavy (non-hydrogen) atoms. The summed E-state index contributed by atoms with van der Waals surface area (Å²) in [6, 6.07) is 0. The molecule has 1 aromatic carbocycles. The molecule has 0 N–H and O–H groups in total. The molecule has 0 radical (unpaired) electrons. The molecule has 102 valence electrons. The van der Waals surface area contributed by atoms with Gasteiger partial charge in [-0.15, -0.1) is 0 Å². The molecule has 0 spiro atoms. The molecule has 1 nitrogen and oxygen atoms in total. The van der Waals surface area contributed by atoms with Crippen molar-refractivity contribution in [3.8, 4) is 0 Å². The molecule has 0 aliphatic carbocycles. The summed E-state index contributed by atoms with van der Waals surface area (Å²) >= 11 is 0. The molecule has 0 aliphatic rings. The van der Waals surface area contributed by atoms with Crippen molar-refractivity contribution in [3.05, 3.63) is 29.1 Å². The van der Waals surface area contributed by atoms with Crippen molar-refractivity contribution in [2.45, 2.75) is 26.7 Å². The second-order valence-electron chi connectivity index (χ2n) is 3.91. The number of benzene rings is 1. The van der Waals surface area contributed by atoms with Crippen LogP contribution in [0.5, 0.6) is 0 Å². The van der Waals surface area contributed by atoms with E-state index in [0.717, 1.165) is 0 Å². The molecule has 0 saturated carbocycles. The molecule has 0 heterocycles. The van der Waals surface area contributed by atoms with Crippen LogP contribution in [0, 0.1) is 29.1 Å². The van der Waals surface area contributed by atoms with Crippen LogP contribution >= 0.6 is 0 Å². The van der Waals surface area contributed by atoms with Crippen molar-refractivity contribution in [2.75, 3.05) is 18.0 Å². The van der Waals surface area contributed by atoms with Gasteiger partial charge >= 0.3 is 0 Å². The highest BCUT2D eigenvalue weighted by Gasteiger charge is 2.28. The summed E-state index contributed by atoms with van der Waals surface area (Å²) < 4.78 is 66.1. The second-order valence-corrected chi connectivity index (χ2v) is 3.91. The quantitative estimate of drug-likeness (QED) is 0.442. The first-order valence-corrected chi connectivity index (χ1v) is 5.72. The van der Waals surface area contributed by atoms with Crippen LogP contribution in [0.3, 0.4) is 0 Å². The smallest absolute Gasteiger partial charge is 0.200 e. The Bertz CT molecular complexity index is 398. The Labute approximate surface area is 102 Å². The maximum Gasteiger partial charge on any atom is 0.200 e. The van der Waals surface area contributed by atoms with Gasteiger partial charge < -0.3 is 4.90 Å². The zero-order valence-corrected chi connectivity index (χ0v) is 10.2. The van der Waals surface area contributed by atoms with E-state index < -0.39 is 34.8 Å². The van der Waals surface area contributed by atoms with Crippen molar-refractivity contribution in [2.24, 2.45) is 0 Å². The van der Waals surface area contributed by atoms with E-state index in [0.29, 0.717) is 12.8 Å². The third kappa shape index (κ3) is 2.57. The van der Waals surface area contributed by atoms with Gasteiger partial charge in [0.1, 0.15) is 5.69 Å². The van der Waals surface area contributed by atoms with Crippen molar-refractivity contribution < 1.29 is 22.0 Å². The molecule has 0 aliphatic heterocycles. The molecule has 0 unspecified atom stereocenters. The lowest BCUT2D eigenvalue weighted by atomic mass is 10.2. The first kappa shape index (κ1) is 14.7. The molecule has 6 heteroatoms. The fourth-order valence-corrected chi connectivity index (χ4v) is 1.75. The highest BCUT2D eigenvalue weighted by molar-refractivity contribution is 5.50. The number of anilines is 1. The van der Waals surface area contributed by atoms with Crippen LogP contribution in [-0.4, -0.2) is 13.1 Å². The van der Waals surface area contributed by atoms with E-state index in [1.165, 1.54) is 4.90 Å². The first-order chi connectivity index (χ1) is 8.45. The average molecular weight is 267 g/mol. The zero-order chi connectivity index (χ0) is 13.9. The normalized spacial score (nSPS) is 10.8. The summed E-state index contributed by atoms with van der Waals surface area (Å²) in [5.41, 5.74) is -0.838. The van der Waals surface area contributed by atoms with E-state index in [-0.39, 0.29) is 13.1 Å². The van der Waals surface area contributed by atoms with E-state index in [2.05, 4.69) is 0 Å². The zero-order valence-electron chi connectivity index (χ0n) is 10.2. The van der Waals surface area contributed by atoms with Crippen molar-refractivity contribution in [3.63, 3.8) is 0 Å². The monoisotopic (exact) mass is 267 g/mol. The lowest BCUT2D eigenvalue weighted by molar-refractivity contribution is 0.378. The summed E-state index contributed by atoms with van der Waals surface area (Å²) in [5, 5.41) is 0. The minimum Gasteiger partial charge on any atom is -0.367 e. The lowest BCUT2D eigenvalue weighted by Crippen LogP contribution is -2.28. The maximum absolute atomic E-state index is 13.5. The molecule has 0 saturated heterocycles. The number of hydrogen-bond donors (Lipinski definition) is 0. The Morgan fingerprint density at radius 3 is 1.33 bits per heavy atom. The Hall–Kier alpha value is -1.33. The maximum atomic E-state index is 13.5. The number of rotatable bonds is 5. The number of halogens is 5. The standard InChI is InChI=1S/C12H14F5N/c1-3-5-18(6-4-2)12-10(16)8(14)7(13)9(15)11(12)17/h3-6H2,1-2H3. The highest BCUT2D eigenvalue weighted by Crippen LogP contribution is 2.30. The Morgan fingerprint density at radius 2 is 1.00 bits per heavy atom.